The molecule has 208 valence electrons. The lowest BCUT2D eigenvalue weighted by Crippen LogP contribution is -2.68. The number of hydrogen-bond donors (Lipinski definition) is 2. The molecule has 37 heavy (non-hydrogen) atoms. The van der Waals surface area contributed by atoms with Gasteiger partial charge in [-0.2, -0.15) is 0 Å². The summed E-state index contributed by atoms with van der Waals surface area (Å²) in [5.74, 6) is 0.526. The molecule has 0 amide bonds. The standard InChI is InChI=1S/C32H50O5/c1-18-11-14-32(27(35)36)16-15-30(7)21(25(32)19(18)2)9-10-23-29(6)13-12-24(37-20(3)33)28(4,5)26(29)22(34)17-31(23,30)8/h9,18-19,22-26,34H,10-17H2,1-8H3,(H,35,36). The largest absolute Gasteiger partial charge is 0.481 e. The van der Waals surface area contributed by atoms with Crippen molar-refractivity contribution < 1.29 is 24.5 Å². The minimum Gasteiger partial charge on any atom is -0.481 e. The summed E-state index contributed by atoms with van der Waals surface area (Å²) in [6.07, 6.45) is 8.63. The highest BCUT2D eigenvalue weighted by atomic mass is 16.5. The Balaban J connectivity index is 1.60. The first kappa shape index (κ1) is 27.2. The Morgan fingerprint density at radius 3 is 2.30 bits per heavy atom. The van der Waals surface area contributed by atoms with Crippen molar-refractivity contribution in [3.63, 3.8) is 0 Å². The first-order valence-corrected chi connectivity index (χ1v) is 14.9. The van der Waals surface area contributed by atoms with Gasteiger partial charge in [-0.05, 0) is 97.2 Å². The van der Waals surface area contributed by atoms with Crippen molar-refractivity contribution in [2.45, 2.75) is 119 Å². The van der Waals surface area contributed by atoms with Crippen LogP contribution in [0.5, 0.6) is 0 Å². The number of carboxylic acid groups (broad SMARTS) is 1. The third-order valence-corrected chi connectivity index (χ3v) is 13.5. The van der Waals surface area contributed by atoms with Crippen LogP contribution in [0.4, 0.5) is 0 Å². The molecule has 0 spiro atoms. The number of ether oxygens (including phenoxy) is 1. The molecule has 5 nitrogen and oxygen atoms in total. The zero-order valence-electron chi connectivity index (χ0n) is 24.4. The number of esters is 1. The maximum Gasteiger partial charge on any atom is 0.310 e. The van der Waals surface area contributed by atoms with E-state index in [0.29, 0.717) is 17.8 Å². The molecule has 0 aromatic carbocycles. The summed E-state index contributed by atoms with van der Waals surface area (Å²) in [5, 5.41) is 22.6. The second kappa shape index (κ2) is 8.32. The van der Waals surface area contributed by atoms with E-state index in [2.05, 4.69) is 54.5 Å². The van der Waals surface area contributed by atoms with Gasteiger partial charge in [0.25, 0.3) is 0 Å². The molecule has 11 atom stereocenters. The van der Waals surface area contributed by atoms with Crippen molar-refractivity contribution >= 4 is 11.9 Å². The number of aliphatic hydroxyl groups is 1. The van der Waals surface area contributed by atoms with Crippen molar-refractivity contribution in [2.24, 2.45) is 56.7 Å². The lowest BCUT2D eigenvalue weighted by atomic mass is 9.33. The molecule has 4 fully saturated rings. The number of fused-ring (bicyclic) bond motifs is 7. The minimum atomic E-state index is -0.649. The number of aliphatic carboxylic acids is 1. The van der Waals surface area contributed by atoms with Crippen molar-refractivity contribution in [3.8, 4) is 0 Å². The Kier molecular flexibility index (Phi) is 6.12. The van der Waals surface area contributed by atoms with E-state index >= 15 is 0 Å². The van der Waals surface area contributed by atoms with Crippen LogP contribution in [0, 0.1) is 56.7 Å². The molecule has 0 bridgehead atoms. The fourth-order valence-corrected chi connectivity index (χ4v) is 11.4. The van der Waals surface area contributed by atoms with Crippen molar-refractivity contribution in [1.29, 1.82) is 0 Å². The monoisotopic (exact) mass is 514 g/mol. The molecule has 0 heterocycles. The maximum absolute atomic E-state index is 12.9. The van der Waals surface area contributed by atoms with Crippen molar-refractivity contribution in [1.82, 2.24) is 0 Å². The van der Waals surface area contributed by atoms with Gasteiger partial charge in [0.15, 0.2) is 0 Å². The van der Waals surface area contributed by atoms with E-state index in [1.165, 1.54) is 12.5 Å². The average molecular weight is 515 g/mol. The first-order chi connectivity index (χ1) is 17.1. The van der Waals surface area contributed by atoms with E-state index in [9.17, 15) is 19.8 Å². The van der Waals surface area contributed by atoms with Crippen LogP contribution in [0.15, 0.2) is 11.6 Å². The molecular formula is C32H50O5. The summed E-state index contributed by atoms with van der Waals surface area (Å²) in [4.78, 5) is 24.8. The number of carbonyl (C=O) groups is 2. The molecule has 5 aliphatic carbocycles. The Hall–Kier alpha value is -1.36. The van der Waals surface area contributed by atoms with Crippen LogP contribution in [-0.4, -0.2) is 34.4 Å². The SMILES string of the molecule is CC(=O)OC1CCC2(C)C(C(O)CC3(C)C2CC=C2C4C(C)C(C)CCC4(C(=O)O)CCC23C)C1(C)C. The van der Waals surface area contributed by atoms with E-state index in [-0.39, 0.29) is 45.6 Å². The topological polar surface area (TPSA) is 83.8 Å². The Labute approximate surface area is 223 Å². The summed E-state index contributed by atoms with van der Waals surface area (Å²) >= 11 is 0. The van der Waals surface area contributed by atoms with Crippen molar-refractivity contribution in [3.05, 3.63) is 11.6 Å². The number of carbonyl (C=O) groups excluding carboxylic acids is 1. The highest BCUT2D eigenvalue weighted by Crippen LogP contribution is 2.75. The van der Waals surface area contributed by atoms with E-state index in [1.807, 2.05) is 0 Å². The second-order valence-corrected chi connectivity index (χ2v) is 15.2. The van der Waals surface area contributed by atoms with E-state index < -0.39 is 17.5 Å². The normalized spacial score (nSPS) is 52.5. The van der Waals surface area contributed by atoms with Gasteiger partial charge in [0, 0.05) is 12.3 Å². The highest BCUT2D eigenvalue weighted by Gasteiger charge is 2.71. The third-order valence-electron chi connectivity index (χ3n) is 13.5. The lowest BCUT2D eigenvalue weighted by molar-refractivity contribution is -0.246. The van der Waals surface area contributed by atoms with Gasteiger partial charge in [-0.15, -0.1) is 0 Å². The van der Waals surface area contributed by atoms with Gasteiger partial charge in [0.2, 0.25) is 0 Å². The van der Waals surface area contributed by atoms with Gasteiger partial charge in [-0.1, -0.05) is 60.1 Å². The van der Waals surface area contributed by atoms with E-state index in [1.54, 1.807) is 0 Å². The van der Waals surface area contributed by atoms with Crippen LogP contribution >= 0.6 is 0 Å². The van der Waals surface area contributed by atoms with Crippen molar-refractivity contribution in [2.75, 3.05) is 0 Å². The van der Waals surface area contributed by atoms with Crippen LogP contribution in [0.3, 0.4) is 0 Å². The summed E-state index contributed by atoms with van der Waals surface area (Å²) in [6.45, 7) is 17.7. The molecule has 0 aromatic heterocycles. The quantitative estimate of drug-likeness (QED) is 0.319. The van der Waals surface area contributed by atoms with Crippen LogP contribution in [0.2, 0.25) is 0 Å². The van der Waals surface area contributed by atoms with Gasteiger partial charge >= 0.3 is 11.9 Å². The van der Waals surface area contributed by atoms with Gasteiger partial charge in [-0.3, -0.25) is 9.59 Å². The minimum absolute atomic E-state index is 0.0463. The van der Waals surface area contributed by atoms with Crippen LogP contribution in [0.25, 0.3) is 0 Å². The highest BCUT2D eigenvalue weighted by molar-refractivity contribution is 5.76. The lowest BCUT2D eigenvalue weighted by Gasteiger charge is -2.72. The summed E-state index contributed by atoms with van der Waals surface area (Å²) in [5.41, 5.74) is 0.103. The Morgan fingerprint density at radius 2 is 1.68 bits per heavy atom. The number of allylic oxidation sites excluding steroid dienone is 2. The van der Waals surface area contributed by atoms with E-state index in [4.69, 9.17) is 4.74 Å². The van der Waals surface area contributed by atoms with Gasteiger partial charge in [0.05, 0.1) is 11.5 Å². The molecule has 0 radical (unpaired) electrons. The number of aliphatic hydroxyl groups excluding tert-OH is 1. The van der Waals surface area contributed by atoms with Gasteiger partial charge in [0.1, 0.15) is 6.10 Å². The molecule has 4 saturated carbocycles. The molecule has 0 aliphatic heterocycles. The summed E-state index contributed by atoms with van der Waals surface area (Å²) in [6, 6.07) is 0. The number of rotatable bonds is 2. The fourth-order valence-electron chi connectivity index (χ4n) is 11.4. The number of hydrogen-bond acceptors (Lipinski definition) is 4. The van der Waals surface area contributed by atoms with Gasteiger partial charge in [-0.25, -0.2) is 0 Å². The molecular weight excluding hydrogens is 464 g/mol. The summed E-state index contributed by atoms with van der Waals surface area (Å²) < 4.78 is 5.81. The first-order valence-electron chi connectivity index (χ1n) is 14.9. The zero-order chi connectivity index (χ0) is 27.3. The van der Waals surface area contributed by atoms with Gasteiger partial charge < -0.3 is 14.9 Å². The average Bonchev–Trinajstić information content (AvgIpc) is 2.78. The predicted molar refractivity (Wildman–Crippen MR) is 144 cm³/mol. The molecule has 0 aromatic rings. The molecule has 0 saturated heterocycles. The molecule has 5 heteroatoms. The Bertz CT molecular complexity index is 1010. The smallest absolute Gasteiger partial charge is 0.310 e. The van der Waals surface area contributed by atoms with E-state index in [0.717, 1.165) is 51.4 Å². The van der Waals surface area contributed by atoms with Crippen LogP contribution in [0.1, 0.15) is 107 Å². The molecule has 5 rings (SSSR count). The molecule has 2 N–H and O–H groups in total. The molecule has 5 aliphatic rings. The summed E-state index contributed by atoms with van der Waals surface area (Å²) in [7, 11) is 0. The van der Waals surface area contributed by atoms with Crippen LogP contribution in [-0.2, 0) is 14.3 Å². The predicted octanol–water partition coefficient (Wildman–Crippen LogP) is 6.63. The third kappa shape index (κ3) is 3.37. The molecule has 11 unspecified atom stereocenters. The number of carboxylic acids is 1. The van der Waals surface area contributed by atoms with Crippen LogP contribution < -0.4 is 0 Å². The maximum atomic E-state index is 12.9. The Morgan fingerprint density at radius 1 is 1.00 bits per heavy atom. The second-order valence-electron chi connectivity index (χ2n) is 15.2. The zero-order valence-corrected chi connectivity index (χ0v) is 24.4. The fraction of sp³-hybridized carbons (Fsp3) is 0.875.